The van der Waals surface area contributed by atoms with E-state index in [0.29, 0.717) is 18.3 Å². The molecule has 1 N–H and O–H groups in total. The van der Waals surface area contributed by atoms with Crippen molar-refractivity contribution < 1.29 is 14.6 Å². The highest BCUT2D eigenvalue weighted by molar-refractivity contribution is 7.15. The maximum Gasteiger partial charge on any atom is 0.308 e. The molecule has 6 rings (SSSR count). The summed E-state index contributed by atoms with van der Waals surface area (Å²) in [5, 5.41) is 19.6. The van der Waals surface area contributed by atoms with Gasteiger partial charge in [0.15, 0.2) is 5.82 Å². The number of ether oxygens (including phenoxy) is 1. The maximum absolute atomic E-state index is 12.1. The topological polar surface area (TPSA) is 102 Å². The summed E-state index contributed by atoms with van der Waals surface area (Å²) in [4.78, 5) is 22.5. The number of carboxylic acids is 1. The summed E-state index contributed by atoms with van der Waals surface area (Å²) in [7, 11) is 0. The molecule has 206 valence electrons. The predicted molar refractivity (Wildman–Crippen MR) is 159 cm³/mol. The number of nitrogens with zero attached hydrogens (tertiary/aromatic N) is 5. The van der Waals surface area contributed by atoms with Crippen molar-refractivity contribution in [2.24, 2.45) is 10.9 Å². The number of carboxylic acid groups (broad SMARTS) is 1. The van der Waals surface area contributed by atoms with E-state index in [0.717, 1.165) is 49.8 Å². The van der Waals surface area contributed by atoms with Crippen LogP contribution in [0.1, 0.15) is 51.7 Å². The molecule has 1 aliphatic rings. The highest BCUT2D eigenvalue weighted by Gasteiger charge is 2.36. The van der Waals surface area contributed by atoms with Crippen LogP contribution in [-0.2, 0) is 11.4 Å². The zero-order valence-corrected chi connectivity index (χ0v) is 24.0. The van der Waals surface area contributed by atoms with Crippen molar-refractivity contribution in [3.63, 3.8) is 0 Å². The molecule has 0 radical (unpaired) electrons. The molecule has 0 aliphatic carbocycles. The minimum absolute atomic E-state index is 0.467. The van der Waals surface area contributed by atoms with Crippen LogP contribution in [0, 0.1) is 26.7 Å². The number of fused-ring (bicyclic) bond motifs is 3. The van der Waals surface area contributed by atoms with Crippen molar-refractivity contribution in [1.82, 2.24) is 19.7 Å². The summed E-state index contributed by atoms with van der Waals surface area (Å²) in [6, 6.07) is 19.5. The Hall–Kier alpha value is -4.63. The van der Waals surface area contributed by atoms with Gasteiger partial charge in [0.2, 0.25) is 0 Å². The minimum Gasteiger partial charge on any atom is -0.489 e. The lowest BCUT2D eigenvalue weighted by atomic mass is 9.96. The number of pyridine rings is 1. The fourth-order valence-corrected chi connectivity index (χ4v) is 6.26. The lowest BCUT2D eigenvalue weighted by molar-refractivity contribution is -0.141. The quantitative estimate of drug-likeness (QED) is 0.242. The Balaban J connectivity index is 1.38. The molecule has 1 aliphatic heterocycles. The van der Waals surface area contributed by atoms with Crippen molar-refractivity contribution in [3.05, 3.63) is 112 Å². The molecule has 0 saturated heterocycles. The van der Waals surface area contributed by atoms with Crippen LogP contribution in [0.4, 0.5) is 0 Å². The van der Waals surface area contributed by atoms with E-state index in [2.05, 4.69) is 59.4 Å². The van der Waals surface area contributed by atoms with Gasteiger partial charge in [-0.2, -0.15) is 0 Å². The summed E-state index contributed by atoms with van der Waals surface area (Å²) >= 11 is 1.65. The first-order valence-corrected chi connectivity index (χ1v) is 14.2. The smallest absolute Gasteiger partial charge is 0.308 e. The SMILES string of the molecule is Cc1sc2c(c1C)C(c1ccc(-c3cccc(OCc4ccncc4)c3)cc1)=N[C@@H](C(C)C(=O)O)c1nnc(C)n1-2. The fraction of sp³-hybridized carbons (Fsp3) is 0.219. The van der Waals surface area contributed by atoms with Crippen molar-refractivity contribution in [2.75, 3.05) is 0 Å². The second-order valence-electron chi connectivity index (χ2n) is 10.2. The first kappa shape index (κ1) is 26.6. The molecular weight excluding hydrogens is 534 g/mol. The van der Waals surface area contributed by atoms with Gasteiger partial charge in [-0.05, 0) is 74.2 Å². The van der Waals surface area contributed by atoms with Gasteiger partial charge in [0.25, 0.3) is 0 Å². The van der Waals surface area contributed by atoms with Gasteiger partial charge in [-0.3, -0.25) is 19.3 Å². The molecule has 0 amide bonds. The molecule has 0 saturated carbocycles. The number of aliphatic carboxylic acids is 1. The lowest BCUT2D eigenvalue weighted by Gasteiger charge is -2.16. The van der Waals surface area contributed by atoms with E-state index in [1.165, 1.54) is 4.88 Å². The number of aromatic nitrogens is 4. The molecule has 41 heavy (non-hydrogen) atoms. The van der Waals surface area contributed by atoms with E-state index in [1.807, 2.05) is 41.8 Å². The number of thiophene rings is 1. The Labute approximate surface area is 242 Å². The molecule has 5 aromatic rings. The van der Waals surface area contributed by atoms with E-state index < -0.39 is 17.9 Å². The van der Waals surface area contributed by atoms with Crippen LogP contribution in [0.25, 0.3) is 16.1 Å². The number of hydrogen-bond donors (Lipinski definition) is 1. The second kappa shape index (κ2) is 10.7. The molecule has 4 heterocycles. The number of aryl methyl sites for hydroxylation is 2. The van der Waals surface area contributed by atoms with Gasteiger partial charge in [0.05, 0.1) is 11.6 Å². The molecule has 0 spiro atoms. The van der Waals surface area contributed by atoms with Gasteiger partial charge in [0, 0.05) is 28.4 Å². The van der Waals surface area contributed by atoms with Crippen LogP contribution in [0.15, 0.2) is 78.0 Å². The highest BCUT2D eigenvalue weighted by atomic mass is 32.1. The molecule has 0 bridgehead atoms. The molecule has 9 heteroatoms. The van der Waals surface area contributed by atoms with Crippen LogP contribution in [0.2, 0.25) is 0 Å². The van der Waals surface area contributed by atoms with Crippen molar-refractivity contribution in [3.8, 4) is 21.9 Å². The van der Waals surface area contributed by atoms with E-state index in [1.54, 1.807) is 30.7 Å². The van der Waals surface area contributed by atoms with E-state index >= 15 is 0 Å². The predicted octanol–water partition coefficient (Wildman–Crippen LogP) is 6.51. The van der Waals surface area contributed by atoms with Crippen molar-refractivity contribution in [1.29, 1.82) is 0 Å². The van der Waals surface area contributed by atoms with Crippen molar-refractivity contribution in [2.45, 2.75) is 40.3 Å². The summed E-state index contributed by atoms with van der Waals surface area (Å²) in [6.07, 6.45) is 3.52. The van der Waals surface area contributed by atoms with Crippen molar-refractivity contribution >= 4 is 23.0 Å². The molecular formula is C32H29N5O3S. The first-order chi connectivity index (χ1) is 19.8. The minimum atomic E-state index is -0.926. The number of hydrogen-bond acceptors (Lipinski definition) is 7. The van der Waals surface area contributed by atoms with Gasteiger partial charge in [0.1, 0.15) is 29.2 Å². The fourth-order valence-electron chi connectivity index (χ4n) is 5.05. The maximum atomic E-state index is 12.1. The van der Waals surface area contributed by atoms with Crippen LogP contribution in [-0.4, -0.2) is 36.5 Å². The van der Waals surface area contributed by atoms with Crippen LogP contribution in [0.5, 0.6) is 5.75 Å². The molecule has 2 atom stereocenters. The number of carbonyl (C=O) groups is 1. The zero-order chi connectivity index (χ0) is 28.7. The average Bonchev–Trinajstić information content (AvgIpc) is 3.46. The molecule has 8 nitrogen and oxygen atoms in total. The van der Waals surface area contributed by atoms with Gasteiger partial charge in [-0.25, -0.2) is 0 Å². The van der Waals surface area contributed by atoms with Gasteiger partial charge >= 0.3 is 5.97 Å². The van der Waals surface area contributed by atoms with Crippen LogP contribution in [0.3, 0.4) is 0 Å². The normalized spacial score (nSPS) is 14.9. The Morgan fingerprint density at radius 1 is 1.00 bits per heavy atom. The lowest BCUT2D eigenvalue weighted by Crippen LogP contribution is -2.21. The van der Waals surface area contributed by atoms with E-state index in [-0.39, 0.29) is 0 Å². The number of benzene rings is 2. The zero-order valence-electron chi connectivity index (χ0n) is 23.2. The standard InChI is InChI=1S/C32H29N5O3S/c1-18-20(3)41-31-27(18)29(34-28(19(2)32(38)39)30-36-35-21(4)37(30)31)24-10-8-23(9-11-24)25-6-5-7-26(16-25)40-17-22-12-14-33-15-13-22/h5-16,19,28H,17H2,1-4H3,(H,38,39)/t19?,28-/m0/s1. The molecule has 3 aromatic heterocycles. The average molecular weight is 564 g/mol. The van der Waals surface area contributed by atoms with Gasteiger partial charge < -0.3 is 9.84 Å². The van der Waals surface area contributed by atoms with E-state index in [4.69, 9.17) is 9.73 Å². The van der Waals surface area contributed by atoms with Crippen LogP contribution >= 0.6 is 11.3 Å². The Morgan fingerprint density at radius 2 is 1.73 bits per heavy atom. The number of rotatable bonds is 7. The third-order valence-electron chi connectivity index (χ3n) is 7.53. The summed E-state index contributed by atoms with van der Waals surface area (Å²) in [5.41, 5.74) is 6.94. The van der Waals surface area contributed by atoms with E-state index in [9.17, 15) is 9.90 Å². The van der Waals surface area contributed by atoms with Gasteiger partial charge in [-0.1, -0.05) is 36.4 Å². The largest absolute Gasteiger partial charge is 0.489 e. The Morgan fingerprint density at radius 3 is 2.46 bits per heavy atom. The third kappa shape index (κ3) is 4.93. The first-order valence-electron chi connectivity index (χ1n) is 13.4. The van der Waals surface area contributed by atoms with Crippen LogP contribution < -0.4 is 4.74 Å². The van der Waals surface area contributed by atoms with Gasteiger partial charge in [-0.15, -0.1) is 21.5 Å². The highest BCUT2D eigenvalue weighted by Crippen LogP contribution is 2.41. The second-order valence-corrected chi connectivity index (χ2v) is 11.4. The summed E-state index contributed by atoms with van der Waals surface area (Å²) in [6.45, 7) is 8.21. The Kier molecular flexibility index (Phi) is 6.96. The number of aliphatic imine (C=N–C) groups is 1. The summed E-state index contributed by atoms with van der Waals surface area (Å²) in [5.74, 6) is 0.342. The third-order valence-corrected chi connectivity index (χ3v) is 8.73. The molecule has 1 unspecified atom stereocenters. The Bertz CT molecular complexity index is 1770. The molecule has 0 fully saturated rings. The molecule has 2 aromatic carbocycles. The monoisotopic (exact) mass is 563 g/mol. The summed E-state index contributed by atoms with van der Waals surface area (Å²) < 4.78 is 8.00.